The third-order valence-electron chi connectivity index (χ3n) is 7.69. The molecule has 1 amide bonds. The van der Waals surface area contributed by atoms with E-state index in [1.165, 1.54) is 0 Å². The quantitative estimate of drug-likeness (QED) is 0.482. The molecular formula is C28H39N5O3S. The number of aromatic nitrogens is 3. The molecule has 1 aromatic carbocycles. The molecule has 8 nitrogen and oxygen atoms in total. The molecule has 1 N–H and O–H groups in total. The van der Waals surface area contributed by atoms with Crippen LogP contribution in [0.3, 0.4) is 0 Å². The number of carbonyl (C=O) groups is 2. The van der Waals surface area contributed by atoms with Gasteiger partial charge in [-0.2, -0.15) is 0 Å². The second-order valence-electron chi connectivity index (χ2n) is 11.8. The van der Waals surface area contributed by atoms with E-state index in [9.17, 15) is 14.7 Å². The van der Waals surface area contributed by atoms with E-state index in [0.717, 1.165) is 57.1 Å². The summed E-state index contributed by atoms with van der Waals surface area (Å²) in [5.74, 6) is -1.07. The van der Waals surface area contributed by atoms with Gasteiger partial charge in [0.1, 0.15) is 5.52 Å². The van der Waals surface area contributed by atoms with Gasteiger partial charge in [0, 0.05) is 48.9 Å². The average Bonchev–Trinajstić information content (AvgIpc) is 3.35. The number of likely N-dealkylation sites (N-methyl/N-ethyl adjacent to an activating group) is 1. The smallest absolute Gasteiger partial charge is 0.310 e. The fourth-order valence-electron chi connectivity index (χ4n) is 5.70. The Kier molecular flexibility index (Phi) is 7.25. The van der Waals surface area contributed by atoms with Gasteiger partial charge in [-0.15, -0.1) is 16.4 Å². The van der Waals surface area contributed by atoms with Gasteiger partial charge in [-0.05, 0) is 68.9 Å². The highest BCUT2D eigenvalue weighted by molar-refractivity contribution is 7.12. The van der Waals surface area contributed by atoms with E-state index in [0.29, 0.717) is 13.1 Å². The molecule has 1 aliphatic rings. The highest BCUT2D eigenvalue weighted by Gasteiger charge is 2.41. The number of benzene rings is 1. The van der Waals surface area contributed by atoms with E-state index in [-0.39, 0.29) is 17.2 Å². The molecule has 1 fully saturated rings. The molecule has 37 heavy (non-hydrogen) atoms. The number of carbonyl (C=O) groups excluding carboxylic acids is 1. The van der Waals surface area contributed by atoms with Crippen LogP contribution in [-0.4, -0.2) is 68.5 Å². The van der Waals surface area contributed by atoms with Crippen LogP contribution in [0.25, 0.3) is 11.0 Å². The number of aryl methyl sites for hydroxylation is 3. The van der Waals surface area contributed by atoms with Gasteiger partial charge in [-0.1, -0.05) is 25.1 Å². The minimum atomic E-state index is -1.04. The van der Waals surface area contributed by atoms with Crippen molar-refractivity contribution in [2.45, 2.75) is 67.5 Å². The highest BCUT2D eigenvalue weighted by Crippen LogP contribution is 2.46. The van der Waals surface area contributed by atoms with Crippen LogP contribution >= 0.6 is 11.3 Å². The molecule has 1 atom stereocenters. The maximum atomic E-state index is 12.7. The fourth-order valence-corrected chi connectivity index (χ4v) is 7.05. The molecule has 0 bridgehead atoms. The minimum Gasteiger partial charge on any atom is -0.481 e. The first kappa shape index (κ1) is 27.3. The summed E-state index contributed by atoms with van der Waals surface area (Å²) in [5.41, 5.74) is 3.79. The second-order valence-corrected chi connectivity index (χ2v) is 13.1. The van der Waals surface area contributed by atoms with Crippen molar-refractivity contribution in [2.75, 3.05) is 26.7 Å². The summed E-state index contributed by atoms with van der Waals surface area (Å²) in [5, 5.41) is 19.0. The molecule has 2 aromatic heterocycles. The number of carboxylic acids is 1. The first-order valence-electron chi connectivity index (χ1n) is 12.9. The lowest BCUT2D eigenvalue weighted by molar-refractivity contribution is -0.147. The van der Waals surface area contributed by atoms with Crippen molar-refractivity contribution in [3.63, 3.8) is 0 Å². The summed E-state index contributed by atoms with van der Waals surface area (Å²) in [6.07, 6.45) is 0. The van der Waals surface area contributed by atoms with E-state index < -0.39 is 11.4 Å². The van der Waals surface area contributed by atoms with E-state index in [4.69, 9.17) is 0 Å². The van der Waals surface area contributed by atoms with Gasteiger partial charge in [0.2, 0.25) is 5.91 Å². The van der Waals surface area contributed by atoms with Crippen LogP contribution in [0.5, 0.6) is 0 Å². The maximum Gasteiger partial charge on any atom is 0.310 e. The van der Waals surface area contributed by atoms with Gasteiger partial charge < -0.3 is 10.0 Å². The van der Waals surface area contributed by atoms with Crippen molar-refractivity contribution < 1.29 is 14.7 Å². The molecule has 0 spiro atoms. The Morgan fingerprint density at radius 2 is 1.95 bits per heavy atom. The van der Waals surface area contributed by atoms with Gasteiger partial charge in [-0.3, -0.25) is 14.5 Å². The van der Waals surface area contributed by atoms with Gasteiger partial charge in [0.25, 0.3) is 0 Å². The number of amides is 1. The Morgan fingerprint density at radius 3 is 2.59 bits per heavy atom. The van der Waals surface area contributed by atoms with E-state index >= 15 is 0 Å². The third-order valence-corrected chi connectivity index (χ3v) is 8.84. The van der Waals surface area contributed by atoms with Crippen molar-refractivity contribution in [1.82, 2.24) is 24.8 Å². The van der Waals surface area contributed by atoms with Gasteiger partial charge in [0.15, 0.2) is 0 Å². The predicted octanol–water partition coefficient (Wildman–Crippen LogP) is 4.67. The van der Waals surface area contributed by atoms with Crippen LogP contribution in [0.2, 0.25) is 0 Å². The molecule has 3 aromatic rings. The Morgan fingerprint density at radius 1 is 1.24 bits per heavy atom. The zero-order valence-corrected chi connectivity index (χ0v) is 24.1. The summed E-state index contributed by atoms with van der Waals surface area (Å²) < 4.78 is 1.86. The zero-order valence-electron chi connectivity index (χ0n) is 23.3. The minimum absolute atomic E-state index is 0.00997. The Balaban J connectivity index is 1.76. The lowest BCUT2D eigenvalue weighted by Crippen LogP contribution is -2.35. The normalized spacial score (nSPS) is 17.8. The number of hydrogen-bond acceptors (Lipinski definition) is 6. The molecule has 1 unspecified atom stereocenters. The Labute approximate surface area is 223 Å². The molecule has 1 saturated heterocycles. The third kappa shape index (κ3) is 5.16. The first-order chi connectivity index (χ1) is 17.2. The van der Waals surface area contributed by atoms with Crippen molar-refractivity contribution >= 4 is 34.2 Å². The number of carboxylic acid groups (broad SMARTS) is 1. The fraction of sp³-hybridized carbons (Fsp3) is 0.571. The maximum absolute atomic E-state index is 12.7. The van der Waals surface area contributed by atoms with Crippen LogP contribution in [-0.2, 0) is 22.7 Å². The summed E-state index contributed by atoms with van der Waals surface area (Å²) in [7, 11) is 1.87. The molecule has 0 aliphatic carbocycles. The lowest BCUT2D eigenvalue weighted by atomic mass is 9.72. The first-order valence-corrected chi connectivity index (χ1v) is 13.7. The van der Waals surface area contributed by atoms with Crippen LogP contribution < -0.4 is 0 Å². The van der Waals surface area contributed by atoms with Crippen molar-refractivity contribution in [3.05, 3.63) is 44.6 Å². The summed E-state index contributed by atoms with van der Waals surface area (Å²) in [4.78, 5) is 31.4. The Bertz CT molecular complexity index is 1340. The van der Waals surface area contributed by atoms with Crippen LogP contribution in [0, 0.1) is 24.7 Å². The molecule has 0 radical (unpaired) electrons. The van der Waals surface area contributed by atoms with E-state index in [1.807, 2.05) is 42.6 Å². The van der Waals surface area contributed by atoms with Gasteiger partial charge in [-0.25, -0.2) is 4.68 Å². The molecule has 0 saturated carbocycles. The number of nitrogens with zero attached hydrogens (tertiary/aromatic N) is 5. The summed E-state index contributed by atoms with van der Waals surface area (Å²) in [6, 6.07) is 6.21. The topological polar surface area (TPSA) is 91.6 Å². The van der Waals surface area contributed by atoms with Crippen LogP contribution in [0.1, 0.15) is 67.0 Å². The molecule has 3 heterocycles. The number of hydrogen-bond donors (Lipinski definition) is 1. The molecular weight excluding hydrogens is 486 g/mol. The predicted molar refractivity (Wildman–Crippen MR) is 147 cm³/mol. The van der Waals surface area contributed by atoms with Gasteiger partial charge in [0.05, 0.1) is 17.5 Å². The van der Waals surface area contributed by atoms with Crippen molar-refractivity contribution in [2.24, 2.45) is 10.8 Å². The van der Waals surface area contributed by atoms with E-state index in [1.54, 1.807) is 25.2 Å². The monoisotopic (exact) mass is 525 g/mol. The van der Waals surface area contributed by atoms with Crippen LogP contribution in [0.15, 0.2) is 18.2 Å². The van der Waals surface area contributed by atoms with Gasteiger partial charge >= 0.3 is 5.97 Å². The summed E-state index contributed by atoms with van der Waals surface area (Å²) >= 11 is 1.65. The van der Waals surface area contributed by atoms with Crippen molar-refractivity contribution in [3.8, 4) is 0 Å². The number of rotatable bonds is 7. The largest absolute Gasteiger partial charge is 0.481 e. The highest BCUT2D eigenvalue weighted by atomic mass is 32.1. The molecule has 4 rings (SSSR count). The Hall–Kier alpha value is -2.78. The molecule has 1 aliphatic heterocycles. The zero-order chi connectivity index (χ0) is 27.3. The molecule has 200 valence electrons. The number of fused-ring (bicyclic) bond motifs is 1. The average molecular weight is 526 g/mol. The second kappa shape index (κ2) is 9.83. The SMILES string of the molecule is CCn1nnc2c(C)c(C(c3cc(CN4CC(=O)N(C)CC(C)(C)C4)c(C)s3)C(C)(C)C(=O)O)ccc21. The van der Waals surface area contributed by atoms with Crippen LogP contribution in [0.4, 0.5) is 0 Å². The standard InChI is InChI=1S/C28H39N5O3S/c1-9-33-21-11-10-20(17(2)25(21)29-30-33)24(28(6,7)26(35)36)22-12-19(18(3)37-22)13-32-14-23(34)31(8)15-27(4,5)16-32/h10-12,24H,9,13-16H2,1-8H3,(H,35,36). The molecule has 9 heteroatoms. The summed E-state index contributed by atoms with van der Waals surface area (Å²) in [6.45, 7) is 17.4. The number of thiophene rings is 1. The van der Waals surface area contributed by atoms with Crippen molar-refractivity contribution in [1.29, 1.82) is 0 Å². The van der Waals surface area contributed by atoms with E-state index in [2.05, 4.69) is 42.0 Å². The lowest BCUT2D eigenvalue weighted by Gasteiger charge is -2.31. The number of aliphatic carboxylic acids is 1.